The zero-order chi connectivity index (χ0) is 13.7. The SMILES string of the molecule is CC1CCC(NC(=O)c2ccc(C#CCCO)s2)C1. The third-order valence-corrected chi connectivity index (χ3v) is 4.31. The van der Waals surface area contributed by atoms with Crippen LogP contribution in [0.25, 0.3) is 0 Å². The summed E-state index contributed by atoms with van der Waals surface area (Å²) in [7, 11) is 0. The van der Waals surface area contributed by atoms with Gasteiger partial charge < -0.3 is 10.4 Å². The Morgan fingerprint density at radius 1 is 1.53 bits per heavy atom. The van der Waals surface area contributed by atoms with Gasteiger partial charge in [-0.25, -0.2) is 0 Å². The minimum atomic E-state index is 0.0132. The fraction of sp³-hybridized carbons (Fsp3) is 0.533. The molecule has 0 radical (unpaired) electrons. The molecule has 2 N–H and O–H groups in total. The molecular formula is C15H19NO2S. The predicted molar refractivity (Wildman–Crippen MR) is 77.2 cm³/mol. The van der Waals surface area contributed by atoms with Crippen molar-refractivity contribution in [3.8, 4) is 11.8 Å². The van der Waals surface area contributed by atoms with Gasteiger partial charge in [0.05, 0.1) is 16.4 Å². The Kier molecular flexibility index (Phi) is 5.00. The number of carbonyl (C=O) groups excluding carboxylic acids is 1. The van der Waals surface area contributed by atoms with Crippen molar-refractivity contribution in [3.63, 3.8) is 0 Å². The van der Waals surface area contributed by atoms with Crippen LogP contribution in [-0.2, 0) is 0 Å². The van der Waals surface area contributed by atoms with Crippen molar-refractivity contribution in [2.75, 3.05) is 6.61 Å². The van der Waals surface area contributed by atoms with Crippen LogP contribution < -0.4 is 5.32 Å². The lowest BCUT2D eigenvalue weighted by atomic mass is 10.1. The number of rotatable bonds is 3. The fourth-order valence-electron chi connectivity index (χ4n) is 2.33. The molecule has 0 bridgehead atoms. The highest BCUT2D eigenvalue weighted by Gasteiger charge is 2.23. The Morgan fingerprint density at radius 2 is 2.37 bits per heavy atom. The quantitative estimate of drug-likeness (QED) is 0.834. The van der Waals surface area contributed by atoms with Gasteiger partial charge >= 0.3 is 0 Å². The number of hydrogen-bond acceptors (Lipinski definition) is 3. The molecule has 1 fully saturated rings. The minimum absolute atomic E-state index is 0.0132. The second kappa shape index (κ2) is 6.74. The van der Waals surface area contributed by atoms with Gasteiger partial charge in [0.1, 0.15) is 0 Å². The molecule has 1 amide bonds. The van der Waals surface area contributed by atoms with Crippen LogP contribution in [0, 0.1) is 17.8 Å². The average Bonchev–Trinajstić information content (AvgIpc) is 2.99. The van der Waals surface area contributed by atoms with E-state index in [0.717, 1.165) is 17.7 Å². The molecule has 0 saturated heterocycles. The normalized spacial score (nSPS) is 21.8. The van der Waals surface area contributed by atoms with Gasteiger partial charge in [0.25, 0.3) is 5.91 Å². The summed E-state index contributed by atoms with van der Waals surface area (Å²) in [6.07, 6.45) is 3.84. The molecule has 2 rings (SSSR count). The van der Waals surface area contributed by atoms with Gasteiger partial charge in [-0.05, 0) is 37.3 Å². The molecule has 1 aromatic heterocycles. The molecule has 1 saturated carbocycles. The second-order valence-corrected chi connectivity index (χ2v) is 6.11. The molecule has 1 aromatic rings. The summed E-state index contributed by atoms with van der Waals surface area (Å²) in [6, 6.07) is 4.01. The van der Waals surface area contributed by atoms with E-state index >= 15 is 0 Å². The maximum absolute atomic E-state index is 12.1. The Balaban J connectivity index is 1.91. The zero-order valence-electron chi connectivity index (χ0n) is 11.1. The summed E-state index contributed by atoms with van der Waals surface area (Å²) in [4.78, 5) is 13.7. The smallest absolute Gasteiger partial charge is 0.261 e. The lowest BCUT2D eigenvalue weighted by Gasteiger charge is -2.11. The van der Waals surface area contributed by atoms with Gasteiger partial charge in [-0.3, -0.25) is 4.79 Å². The van der Waals surface area contributed by atoms with Gasteiger partial charge in [0.15, 0.2) is 0 Å². The first-order chi connectivity index (χ1) is 9.19. The van der Waals surface area contributed by atoms with Crippen molar-refractivity contribution in [3.05, 3.63) is 21.9 Å². The van der Waals surface area contributed by atoms with E-state index in [0.29, 0.717) is 23.3 Å². The minimum Gasteiger partial charge on any atom is -0.395 e. The van der Waals surface area contributed by atoms with E-state index in [1.807, 2.05) is 12.1 Å². The lowest BCUT2D eigenvalue weighted by molar-refractivity contribution is 0.0941. The molecule has 3 nitrogen and oxygen atoms in total. The van der Waals surface area contributed by atoms with Crippen LogP contribution in [0.15, 0.2) is 12.1 Å². The molecular weight excluding hydrogens is 258 g/mol. The van der Waals surface area contributed by atoms with Crippen molar-refractivity contribution < 1.29 is 9.90 Å². The Hall–Kier alpha value is -1.31. The number of aliphatic hydroxyl groups excluding tert-OH is 1. The number of nitrogens with one attached hydrogen (secondary N) is 1. The standard InChI is InChI=1S/C15H19NO2S/c1-11-5-6-12(10-11)16-15(18)14-8-7-13(19-14)4-2-3-9-17/h7-8,11-12,17H,3,5-6,9-10H2,1H3,(H,16,18). The number of hydrogen-bond donors (Lipinski definition) is 2. The number of carbonyl (C=O) groups is 1. The molecule has 102 valence electrons. The first-order valence-electron chi connectivity index (χ1n) is 6.69. The van der Waals surface area contributed by atoms with E-state index in [1.165, 1.54) is 17.8 Å². The third kappa shape index (κ3) is 4.09. The molecule has 0 spiro atoms. The van der Waals surface area contributed by atoms with E-state index in [9.17, 15) is 4.79 Å². The average molecular weight is 277 g/mol. The highest BCUT2D eigenvalue weighted by atomic mass is 32.1. The van der Waals surface area contributed by atoms with Crippen LogP contribution in [0.3, 0.4) is 0 Å². The monoisotopic (exact) mass is 277 g/mol. The maximum atomic E-state index is 12.1. The Bertz CT molecular complexity index is 498. The highest BCUT2D eigenvalue weighted by Crippen LogP contribution is 2.25. The van der Waals surface area contributed by atoms with Gasteiger partial charge in [-0.15, -0.1) is 11.3 Å². The largest absolute Gasteiger partial charge is 0.395 e. The van der Waals surface area contributed by atoms with Crippen LogP contribution >= 0.6 is 11.3 Å². The van der Waals surface area contributed by atoms with Gasteiger partial charge in [-0.2, -0.15) is 0 Å². The van der Waals surface area contributed by atoms with E-state index in [2.05, 4.69) is 24.1 Å². The molecule has 2 atom stereocenters. The fourth-order valence-corrected chi connectivity index (χ4v) is 3.11. The molecule has 0 aromatic carbocycles. The van der Waals surface area contributed by atoms with Crippen molar-refractivity contribution in [2.45, 2.75) is 38.6 Å². The van der Waals surface area contributed by atoms with Crippen LogP contribution in [0.4, 0.5) is 0 Å². The van der Waals surface area contributed by atoms with Crippen molar-refractivity contribution in [2.24, 2.45) is 5.92 Å². The van der Waals surface area contributed by atoms with Gasteiger partial charge in [0, 0.05) is 12.5 Å². The molecule has 1 aliphatic rings. The molecule has 1 aliphatic carbocycles. The van der Waals surface area contributed by atoms with Crippen molar-refractivity contribution >= 4 is 17.2 Å². The van der Waals surface area contributed by atoms with E-state index < -0.39 is 0 Å². The van der Waals surface area contributed by atoms with Gasteiger partial charge in [0.2, 0.25) is 0 Å². The number of amides is 1. The summed E-state index contributed by atoms with van der Waals surface area (Å²) in [6.45, 7) is 2.30. The van der Waals surface area contributed by atoms with E-state index in [4.69, 9.17) is 5.11 Å². The predicted octanol–water partition coefficient (Wildman–Crippen LogP) is 2.40. The maximum Gasteiger partial charge on any atom is 0.261 e. The molecule has 19 heavy (non-hydrogen) atoms. The van der Waals surface area contributed by atoms with Gasteiger partial charge in [-0.1, -0.05) is 18.8 Å². The first kappa shape index (κ1) is 14.1. The van der Waals surface area contributed by atoms with Crippen LogP contribution in [0.1, 0.15) is 47.2 Å². The molecule has 0 aliphatic heterocycles. The number of aliphatic hydroxyl groups is 1. The Morgan fingerprint density at radius 3 is 3.05 bits per heavy atom. The zero-order valence-corrected chi connectivity index (χ0v) is 11.9. The summed E-state index contributed by atoms with van der Waals surface area (Å²) < 4.78 is 0. The third-order valence-electron chi connectivity index (χ3n) is 3.31. The summed E-state index contributed by atoms with van der Waals surface area (Å²) >= 11 is 1.41. The van der Waals surface area contributed by atoms with Crippen LogP contribution in [0.2, 0.25) is 0 Å². The van der Waals surface area contributed by atoms with Crippen molar-refractivity contribution in [1.29, 1.82) is 0 Å². The second-order valence-electron chi connectivity index (χ2n) is 5.03. The molecule has 2 unspecified atom stereocenters. The number of thiophene rings is 1. The van der Waals surface area contributed by atoms with Crippen molar-refractivity contribution in [1.82, 2.24) is 5.32 Å². The summed E-state index contributed by atoms with van der Waals surface area (Å²) in [5, 5.41) is 11.7. The lowest BCUT2D eigenvalue weighted by Crippen LogP contribution is -2.32. The summed E-state index contributed by atoms with van der Waals surface area (Å²) in [5.41, 5.74) is 0. The summed E-state index contributed by atoms with van der Waals surface area (Å²) in [5.74, 6) is 6.54. The highest BCUT2D eigenvalue weighted by molar-refractivity contribution is 7.14. The van der Waals surface area contributed by atoms with E-state index in [1.54, 1.807) is 0 Å². The molecule has 1 heterocycles. The van der Waals surface area contributed by atoms with Crippen LogP contribution in [-0.4, -0.2) is 23.7 Å². The first-order valence-corrected chi connectivity index (χ1v) is 7.51. The topological polar surface area (TPSA) is 49.3 Å². The van der Waals surface area contributed by atoms with E-state index in [-0.39, 0.29) is 12.5 Å². The molecule has 4 heteroatoms. The van der Waals surface area contributed by atoms with Crippen LogP contribution in [0.5, 0.6) is 0 Å². The Labute approximate surface area is 118 Å².